The van der Waals surface area contributed by atoms with Gasteiger partial charge >= 0.3 is 125 Å². The molecule has 0 aliphatic heterocycles. The van der Waals surface area contributed by atoms with Crippen LogP contribution in [0.15, 0.2) is 24.3 Å². The second-order valence-electron chi connectivity index (χ2n) is 2.14. The molecule has 4 N–H and O–H groups in total. The Kier molecular flexibility index (Phi) is 8.64. The number of nitrogens with two attached hydrogens (primary N) is 1. The molecule has 0 spiro atoms. The Bertz CT molecular complexity index is 306. The summed E-state index contributed by atoms with van der Waals surface area (Å²) in [6.07, 6.45) is 0. The number of rotatable bonds is 1. The molecule has 7 heteroatoms. The number of benzene rings is 1. The minimum absolute atomic E-state index is 0. The summed E-state index contributed by atoms with van der Waals surface area (Å²) < 4.78 is 28.1. The van der Waals surface area contributed by atoms with Crippen molar-refractivity contribution in [2.24, 2.45) is 0 Å². The van der Waals surface area contributed by atoms with Gasteiger partial charge in [-0.05, 0) is 0 Å². The first kappa shape index (κ1) is 16.7. The van der Waals surface area contributed by atoms with Crippen LogP contribution in [-0.4, -0.2) is 22.4 Å². The second-order valence-corrected chi connectivity index (χ2v) is 5.50. The Morgan fingerprint density at radius 3 is 1.85 bits per heavy atom. The third kappa shape index (κ3) is 5.67. The van der Waals surface area contributed by atoms with Gasteiger partial charge in [-0.15, -0.1) is 0 Å². The van der Waals surface area contributed by atoms with E-state index in [9.17, 15) is 3.74 Å². The zero-order valence-electron chi connectivity index (χ0n) is 9.64. The fraction of sp³-hybridized carbons (Fsp3) is 0. The van der Waals surface area contributed by atoms with Crippen molar-refractivity contribution in [2.75, 3.05) is 5.73 Å². The fourth-order valence-electron chi connectivity index (χ4n) is 0.669. The molecule has 0 radical (unpaired) electrons. The maximum absolute atomic E-state index is 10.7. The van der Waals surface area contributed by atoms with Crippen LogP contribution in [0.3, 0.4) is 0 Å². The van der Waals surface area contributed by atoms with Crippen LogP contribution < -0.4 is 69.2 Å². The fourth-order valence-corrected chi connectivity index (χ4v) is 1.80. The molecule has 0 atom stereocenters. The molecule has 1 aromatic carbocycles. The molecule has 0 saturated carbocycles. The van der Waals surface area contributed by atoms with Gasteiger partial charge in [-0.1, -0.05) is 0 Å². The maximum Gasteiger partial charge on any atom is 1.00 e. The van der Waals surface area contributed by atoms with Gasteiger partial charge in [0.05, 0.1) is 0 Å². The first-order chi connectivity index (χ1) is 5.00. The average molecular weight is 265 g/mol. The van der Waals surface area contributed by atoms with Crippen LogP contribution in [-0.2, 0) is 3.74 Å². The van der Waals surface area contributed by atoms with Gasteiger partial charge in [0.15, 0.2) is 0 Å². The first-order valence-corrected chi connectivity index (χ1v) is 6.30. The molecule has 0 aliphatic carbocycles. The molecule has 0 amide bonds. The minimum Gasteiger partial charge on any atom is -1.00 e. The summed E-state index contributed by atoms with van der Waals surface area (Å²) in [5.41, 5.74) is 5.82. The zero-order valence-corrected chi connectivity index (χ0v) is 13.5. The van der Waals surface area contributed by atoms with Crippen molar-refractivity contribution >= 4 is 24.2 Å². The SMILES string of the molecule is Nc1ccc([As](=O)(O)O)cc1.[H-].[H-].[Na+].[Na+]. The Morgan fingerprint density at radius 2 is 1.54 bits per heavy atom. The van der Waals surface area contributed by atoms with Crippen LogP contribution in [0, 0.1) is 0 Å². The van der Waals surface area contributed by atoms with E-state index >= 15 is 0 Å². The van der Waals surface area contributed by atoms with E-state index in [1.54, 1.807) is 0 Å². The Morgan fingerprint density at radius 1 is 1.15 bits per heavy atom. The Labute approximate surface area is 126 Å². The normalized spacial score (nSPS) is 9.69. The van der Waals surface area contributed by atoms with Gasteiger partial charge < -0.3 is 2.85 Å². The smallest absolute Gasteiger partial charge is 1.00 e. The van der Waals surface area contributed by atoms with E-state index in [1.165, 1.54) is 24.3 Å². The predicted molar refractivity (Wildman–Crippen MR) is 43.6 cm³/mol. The molecule has 13 heavy (non-hydrogen) atoms. The predicted octanol–water partition coefficient (Wildman–Crippen LogP) is -6.94. The number of anilines is 1. The molecule has 0 saturated heterocycles. The second kappa shape index (κ2) is 6.72. The van der Waals surface area contributed by atoms with E-state index in [2.05, 4.69) is 0 Å². The van der Waals surface area contributed by atoms with E-state index in [-0.39, 0.29) is 66.3 Å². The van der Waals surface area contributed by atoms with E-state index in [1.807, 2.05) is 0 Å². The molecule has 0 heterocycles. The molecule has 0 aliphatic rings. The first-order valence-electron chi connectivity index (χ1n) is 2.92. The summed E-state index contributed by atoms with van der Waals surface area (Å²) in [6, 6.07) is 5.62. The van der Waals surface area contributed by atoms with Crippen molar-refractivity contribution in [2.45, 2.75) is 0 Å². The Balaban J connectivity index is -0.000000151. The van der Waals surface area contributed by atoms with Gasteiger partial charge in [-0.2, -0.15) is 0 Å². The standard InChI is InChI=1S/C6H8AsNO3.2Na.2H/c8-6-3-1-5(2-4-6)7(9,10)11;;;;/h1-4H,8H2,(H2,9,10,11);;;;/q;2*+1;2*-1. The van der Waals surface area contributed by atoms with Crippen LogP contribution in [0.2, 0.25) is 0 Å². The Hall–Kier alpha value is 1.30. The van der Waals surface area contributed by atoms with E-state index < -0.39 is 14.2 Å². The van der Waals surface area contributed by atoms with Crippen molar-refractivity contribution in [3.8, 4) is 0 Å². The van der Waals surface area contributed by atoms with E-state index in [0.717, 1.165) is 0 Å². The molecule has 0 aromatic heterocycles. The quantitative estimate of drug-likeness (QED) is 0.348. The van der Waals surface area contributed by atoms with E-state index in [4.69, 9.17) is 13.9 Å². The topological polar surface area (TPSA) is 83.6 Å². The minimum atomic E-state index is -4.68. The summed E-state index contributed by atoms with van der Waals surface area (Å²) in [5, 5.41) is 0. The van der Waals surface area contributed by atoms with Crippen LogP contribution in [0.1, 0.15) is 2.85 Å². The summed E-state index contributed by atoms with van der Waals surface area (Å²) >= 11 is -4.68. The van der Waals surface area contributed by atoms with Crippen molar-refractivity contribution < 1.29 is 73.9 Å². The number of nitrogen functional groups attached to an aromatic ring is 1. The van der Waals surface area contributed by atoms with Crippen molar-refractivity contribution in [3.63, 3.8) is 0 Å². The third-order valence-corrected chi connectivity index (χ3v) is 3.27. The van der Waals surface area contributed by atoms with Gasteiger partial charge in [0.1, 0.15) is 0 Å². The molecule has 64 valence electrons. The van der Waals surface area contributed by atoms with Crippen molar-refractivity contribution in [1.29, 1.82) is 0 Å². The monoisotopic (exact) mass is 265 g/mol. The van der Waals surface area contributed by atoms with Gasteiger partial charge in [0, 0.05) is 0 Å². The molecule has 1 rings (SSSR count). The number of hydrogen-bond acceptors (Lipinski definition) is 2. The molecule has 0 bridgehead atoms. The van der Waals surface area contributed by atoms with Crippen LogP contribution in [0.4, 0.5) is 5.69 Å². The summed E-state index contributed by atoms with van der Waals surface area (Å²) in [4.78, 5) is 0. The summed E-state index contributed by atoms with van der Waals surface area (Å²) in [5.74, 6) is 0. The zero-order chi connectivity index (χ0) is 8.48. The van der Waals surface area contributed by atoms with Gasteiger partial charge in [0.2, 0.25) is 0 Å². The third-order valence-electron chi connectivity index (χ3n) is 1.23. The van der Waals surface area contributed by atoms with Crippen molar-refractivity contribution in [3.05, 3.63) is 24.3 Å². The molecular weight excluding hydrogens is 255 g/mol. The molecule has 4 nitrogen and oxygen atoms in total. The molecule has 0 unspecified atom stereocenters. The number of hydrogen-bond donors (Lipinski definition) is 3. The summed E-state index contributed by atoms with van der Waals surface area (Å²) in [6.45, 7) is 0. The molecule has 0 fully saturated rings. The van der Waals surface area contributed by atoms with Crippen LogP contribution in [0.5, 0.6) is 0 Å². The van der Waals surface area contributed by atoms with Crippen molar-refractivity contribution in [1.82, 2.24) is 0 Å². The maximum atomic E-state index is 10.7. The van der Waals surface area contributed by atoms with E-state index in [0.29, 0.717) is 5.69 Å². The van der Waals surface area contributed by atoms with Gasteiger partial charge in [-0.25, -0.2) is 0 Å². The van der Waals surface area contributed by atoms with Crippen LogP contribution in [0.25, 0.3) is 0 Å². The largest absolute Gasteiger partial charge is 1.00 e. The summed E-state index contributed by atoms with van der Waals surface area (Å²) in [7, 11) is 0. The van der Waals surface area contributed by atoms with Crippen LogP contribution >= 0.6 is 0 Å². The average Bonchev–Trinajstić information content (AvgIpc) is 1.86. The van der Waals surface area contributed by atoms with Gasteiger partial charge in [-0.3, -0.25) is 0 Å². The van der Waals surface area contributed by atoms with Gasteiger partial charge in [0.25, 0.3) is 0 Å². The molecule has 1 aromatic rings. The molecular formula is C6H10AsNNa2O3.